The van der Waals surface area contributed by atoms with Gasteiger partial charge in [-0.15, -0.1) is 0 Å². The summed E-state index contributed by atoms with van der Waals surface area (Å²) in [6, 6.07) is 22.8. The van der Waals surface area contributed by atoms with Crippen molar-refractivity contribution in [2.45, 2.75) is 123 Å². The summed E-state index contributed by atoms with van der Waals surface area (Å²) < 4.78 is 38.5. The van der Waals surface area contributed by atoms with Crippen molar-refractivity contribution in [1.29, 1.82) is 0 Å². The zero-order valence-corrected chi connectivity index (χ0v) is 32.2. The highest BCUT2D eigenvalue weighted by molar-refractivity contribution is 5.30. The Morgan fingerprint density at radius 3 is 0.776 bits per heavy atom. The number of aryl methyl sites for hydroxylation is 5. The van der Waals surface area contributed by atoms with Crippen molar-refractivity contribution in [2.24, 2.45) is 23.7 Å². The summed E-state index contributed by atoms with van der Waals surface area (Å²) in [6.07, 6.45) is 4.28. The molecule has 0 unspecified atom stereocenters. The number of rotatable bonds is 8. The Morgan fingerprint density at radius 2 is 0.571 bits per heavy atom. The van der Waals surface area contributed by atoms with Gasteiger partial charge in [0.05, 0.1) is 0 Å². The maximum Gasteiger partial charge on any atom is 0.126 e. The van der Waals surface area contributed by atoms with E-state index >= 15 is 0 Å². The Morgan fingerprint density at radius 1 is 0.347 bits per heavy atom. The maximum absolute atomic E-state index is 12.8. The molecule has 0 nitrogen and oxygen atoms in total. The third-order valence-electron chi connectivity index (χ3n) is 7.81. The second-order valence-corrected chi connectivity index (χ2v) is 15.1. The van der Waals surface area contributed by atoms with E-state index in [0.717, 1.165) is 41.9 Å². The van der Waals surface area contributed by atoms with Gasteiger partial charge in [0, 0.05) is 0 Å². The monoisotopic (exact) mass is 677 g/mol. The Bertz CT molecular complexity index is 1280. The Kier molecular flexibility index (Phi) is 21.6. The third-order valence-corrected chi connectivity index (χ3v) is 7.81. The summed E-state index contributed by atoms with van der Waals surface area (Å²) in [6.45, 7) is 27.3. The van der Waals surface area contributed by atoms with E-state index in [4.69, 9.17) is 0 Å². The molecule has 0 heterocycles. The summed E-state index contributed by atoms with van der Waals surface area (Å²) >= 11 is 0. The molecular weight excluding hydrogens is 610 g/mol. The van der Waals surface area contributed by atoms with E-state index in [-0.39, 0.29) is 24.9 Å². The summed E-state index contributed by atoms with van der Waals surface area (Å²) in [5.74, 6) is 2.33. The molecule has 0 N–H and O–H groups in total. The second-order valence-electron chi connectivity index (χ2n) is 15.1. The molecule has 0 fully saturated rings. The van der Waals surface area contributed by atoms with E-state index in [0.29, 0.717) is 17.8 Å². The van der Waals surface area contributed by atoms with Gasteiger partial charge in [-0.1, -0.05) is 117 Å². The van der Waals surface area contributed by atoms with Crippen molar-refractivity contribution in [1.82, 2.24) is 0 Å². The molecule has 4 rings (SSSR count). The van der Waals surface area contributed by atoms with Gasteiger partial charge in [0.15, 0.2) is 0 Å². The van der Waals surface area contributed by atoms with E-state index in [2.05, 4.69) is 87.4 Å². The summed E-state index contributed by atoms with van der Waals surface area (Å²) in [5, 5.41) is 0. The Labute approximate surface area is 299 Å². The molecule has 0 saturated heterocycles. The lowest BCUT2D eigenvalue weighted by atomic mass is 9.99. The minimum atomic E-state index is -0.109. The minimum absolute atomic E-state index is 0. The summed E-state index contributed by atoms with van der Waals surface area (Å²) in [5.41, 5.74) is 10.2. The summed E-state index contributed by atoms with van der Waals surface area (Å²) in [4.78, 5) is 0. The zero-order chi connectivity index (χ0) is 36.6. The fourth-order valence-corrected chi connectivity index (χ4v) is 5.32. The van der Waals surface area contributed by atoms with Gasteiger partial charge in [0.2, 0.25) is 0 Å². The van der Waals surface area contributed by atoms with Gasteiger partial charge < -0.3 is 0 Å². The highest BCUT2D eigenvalue weighted by Crippen LogP contribution is 2.16. The van der Waals surface area contributed by atoms with Crippen LogP contribution in [0.5, 0.6) is 0 Å². The fourth-order valence-electron chi connectivity index (χ4n) is 5.32. The van der Waals surface area contributed by atoms with Crippen molar-refractivity contribution in [3.8, 4) is 0 Å². The normalized spacial score (nSPS) is 10.5. The van der Waals surface area contributed by atoms with Crippen LogP contribution in [0.25, 0.3) is 0 Å². The number of hydrogen-bond acceptors (Lipinski definition) is 0. The van der Waals surface area contributed by atoms with Gasteiger partial charge in [-0.3, -0.25) is 0 Å². The van der Waals surface area contributed by atoms with Crippen LogP contribution < -0.4 is 0 Å². The van der Waals surface area contributed by atoms with Crippen molar-refractivity contribution in [2.75, 3.05) is 0 Å². The Hall–Kier alpha value is -3.33. The zero-order valence-electron chi connectivity index (χ0n) is 32.2. The molecule has 0 bridgehead atoms. The highest BCUT2D eigenvalue weighted by Gasteiger charge is 2.03. The molecule has 272 valence electrons. The lowest BCUT2D eigenvalue weighted by Gasteiger charge is -2.07. The highest BCUT2D eigenvalue weighted by atomic mass is 19.1. The van der Waals surface area contributed by atoms with E-state index in [1.54, 1.807) is 39.0 Å². The first-order valence-electron chi connectivity index (χ1n) is 17.7. The van der Waals surface area contributed by atoms with Gasteiger partial charge in [-0.2, -0.15) is 0 Å². The molecule has 0 aliphatic rings. The standard InChI is InChI=1S/C12H18.3C11H15F.CH4/c1-9(2)7-12-6-5-10(3)11(4)8-12;3*1-8(2)6-10-4-5-11(12)9(3)7-10;/h5-6,8-9H,7H2,1-4H3;3*4-5,7-8H,6H2,1-3H3;1H4. The first-order valence-corrected chi connectivity index (χ1v) is 17.7. The molecule has 0 atom stereocenters. The SMILES string of the molecule is C.Cc1cc(CC(C)C)ccc1F.Cc1cc(CC(C)C)ccc1F.Cc1cc(CC(C)C)ccc1F.Cc1ccc(CC(C)C)cc1C. The van der Waals surface area contributed by atoms with Gasteiger partial charge in [0.25, 0.3) is 0 Å². The quantitative estimate of drug-likeness (QED) is 0.174. The number of halogens is 3. The topological polar surface area (TPSA) is 0 Å². The number of hydrogen-bond donors (Lipinski definition) is 0. The smallest absolute Gasteiger partial charge is 0.126 e. The number of benzene rings is 4. The predicted molar refractivity (Wildman–Crippen MR) is 210 cm³/mol. The molecule has 0 saturated carbocycles. The van der Waals surface area contributed by atoms with Crippen molar-refractivity contribution in [3.63, 3.8) is 0 Å². The molecule has 0 spiro atoms. The largest absolute Gasteiger partial charge is 0.207 e. The van der Waals surface area contributed by atoms with E-state index in [9.17, 15) is 13.2 Å². The molecule has 0 aliphatic carbocycles. The van der Waals surface area contributed by atoms with Crippen molar-refractivity contribution < 1.29 is 13.2 Å². The van der Waals surface area contributed by atoms with Crippen LogP contribution in [0, 0.1) is 75.7 Å². The van der Waals surface area contributed by atoms with E-state index in [1.165, 1.54) is 39.8 Å². The molecule has 3 heteroatoms. The van der Waals surface area contributed by atoms with Gasteiger partial charge >= 0.3 is 0 Å². The molecule has 0 radical (unpaired) electrons. The van der Waals surface area contributed by atoms with Crippen LogP contribution in [0.4, 0.5) is 13.2 Å². The lowest BCUT2D eigenvalue weighted by molar-refractivity contribution is 0.612. The van der Waals surface area contributed by atoms with Crippen LogP contribution in [-0.4, -0.2) is 0 Å². The summed E-state index contributed by atoms with van der Waals surface area (Å²) in [7, 11) is 0. The maximum atomic E-state index is 12.8. The van der Waals surface area contributed by atoms with Crippen LogP contribution in [0.3, 0.4) is 0 Å². The molecular formula is C46H67F3. The van der Waals surface area contributed by atoms with Gasteiger partial charge in [-0.25, -0.2) is 13.2 Å². The molecule has 0 amide bonds. The lowest BCUT2D eigenvalue weighted by Crippen LogP contribution is -1.95. The Balaban J connectivity index is 0.000000623. The van der Waals surface area contributed by atoms with Crippen molar-refractivity contribution in [3.05, 3.63) is 140 Å². The van der Waals surface area contributed by atoms with Crippen LogP contribution in [0.15, 0.2) is 72.8 Å². The van der Waals surface area contributed by atoms with Crippen LogP contribution >= 0.6 is 0 Å². The van der Waals surface area contributed by atoms with Crippen LogP contribution in [0.2, 0.25) is 0 Å². The van der Waals surface area contributed by atoms with Crippen molar-refractivity contribution >= 4 is 0 Å². The second kappa shape index (κ2) is 23.1. The molecule has 49 heavy (non-hydrogen) atoms. The predicted octanol–water partition coefficient (Wildman–Crippen LogP) is 14.1. The van der Waals surface area contributed by atoms with Crippen LogP contribution in [0.1, 0.15) is 113 Å². The molecule has 0 aliphatic heterocycles. The first-order chi connectivity index (χ1) is 22.4. The molecule has 4 aromatic carbocycles. The molecule has 0 aromatic heterocycles. The average molecular weight is 677 g/mol. The van der Waals surface area contributed by atoms with Gasteiger partial charge in [0.1, 0.15) is 17.5 Å². The fraction of sp³-hybridized carbons (Fsp3) is 0.478. The van der Waals surface area contributed by atoms with E-state index in [1.807, 2.05) is 36.4 Å². The van der Waals surface area contributed by atoms with Crippen LogP contribution in [-0.2, 0) is 25.7 Å². The van der Waals surface area contributed by atoms with E-state index < -0.39 is 0 Å². The average Bonchev–Trinajstić information content (AvgIpc) is 2.97. The first kappa shape index (κ1) is 45.7. The van der Waals surface area contributed by atoms with Gasteiger partial charge in [-0.05, 0) is 152 Å². The minimum Gasteiger partial charge on any atom is -0.207 e. The third kappa shape index (κ3) is 19.4. The molecule has 4 aromatic rings.